The van der Waals surface area contributed by atoms with Gasteiger partial charge >= 0.3 is 0 Å². The first-order valence-corrected chi connectivity index (χ1v) is 6.70. The van der Waals surface area contributed by atoms with Crippen LogP contribution in [-0.2, 0) is 11.3 Å². The SMILES string of the molecule is CCCCCC/C=C/COCc1ccccc1. The molecule has 0 aliphatic carbocycles. The largest absolute Gasteiger partial charge is 0.373 e. The zero-order valence-corrected chi connectivity index (χ0v) is 10.9. The van der Waals surface area contributed by atoms with Crippen molar-refractivity contribution in [3.05, 3.63) is 48.0 Å². The number of hydrogen-bond acceptors (Lipinski definition) is 1. The minimum absolute atomic E-state index is 0.709. The molecule has 0 bridgehead atoms. The summed E-state index contributed by atoms with van der Waals surface area (Å²) in [6.45, 7) is 3.68. The van der Waals surface area contributed by atoms with Gasteiger partial charge in [-0.3, -0.25) is 0 Å². The van der Waals surface area contributed by atoms with E-state index in [0.717, 1.165) is 6.61 Å². The van der Waals surface area contributed by atoms with Gasteiger partial charge in [-0.05, 0) is 18.4 Å². The van der Waals surface area contributed by atoms with Gasteiger partial charge in [0.1, 0.15) is 0 Å². The Hall–Kier alpha value is -1.08. The van der Waals surface area contributed by atoms with Crippen LogP contribution in [0, 0.1) is 0 Å². The Bertz CT molecular complexity index is 290. The quantitative estimate of drug-likeness (QED) is 0.442. The predicted octanol–water partition coefficient (Wildman–Crippen LogP) is 4.73. The Morgan fingerprint density at radius 1 is 1.00 bits per heavy atom. The van der Waals surface area contributed by atoms with Crippen LogP contribution >= 0.6 is 0 Å². The second-order valence-electron chi connectivity index (χ2n) is 4.32. The molecule has 0 N–H and O–H groups in total. The molecule has 0 spiro atoms. The van der Waals surface area contributed by atoms with E-state index in [1.165, 1.54) is 37.7 Å². The zero-order chi connectivity index (χ0) is 12.2. The van der Waals surface area contributed by atoms with Gasteiger partial charge in [0.15, 0.2) is 0 Å². The van der Waals surface area contributed by atoms with Crippen LogP contribution in [0.4, 0.5) is 0 Å². The number of ether oxygens (including phenoxy) is 1. The minimum atomic E-state index is 0.709. The fourth-order valence-electron chi connectivity index (χ4n) is 1.69. The molecule has 1 rings (SSSR count). The molecule has 0 saturated carbocycles. The Labute approximate surface area is 106 Å². The molecule has 1 aromatic carbocycles. The monoisotopic (exact) mass is 232 g/mol. The fraction of sp³-hybridized carbons (Fsp3) is 0.500. The Balaban J connectivity index is 1.95. The first kappa shape index (κ1) is 14.0. The molecule has 0 saturated heterocycles. The summed E-state index contributed by atoms with van der Waals surface area (Å²) in [5, 5.41) is 0. The molecule has 1 aromatic rings. The Kier molecular flexibility index (Phi) is 8.31. The van der Waals surface area contributed by atoms with Crippen LogP contribution in [0.1, 0.15) is 44.6 Å². The van der Waals surface area contributed by atoms with E-state index in [0.29, 0.717) is 6.61 Å². The highest BCUT2D eigenvalue weighted by Crippen LogP contribution is 2.03. The topological polar surface area (TPSA) is 9.23 Å². The summed E-state index contributed by atoms with van der Waals surface area (Å²) >= 11 is 0. The molecule has 0 aliphatic rings. The van der Waals surface area contributed by atoms with E-state index in [1.54, 1.807) is 0 Å². The summed E-state index contributed by atoms with van der Waals surface area (Å²) in [6.07, 6.45) is 10.9. The molecule has 17 heavy (non-hydrogen) atoms. The highest BCUT2D eigenvalue weighted by molar-refractivity contribution is 5.13. The summed E-state index contributed by atoms with van der Waals surface area (Å²) in [4.78, 5) is 0. The number of rotatable bonds is 9. The Morgan fingerprint density at radius 2 is 1.82 bits per heavy atom. The molecule has 0 aliphatic heterocycles. The van der Waals surface area contributed by atoms with Crippen LogP contribution in [-0.4, -0.2) is 6.61 Å². The molecule has 0 heterocycles. The second kappa shape index (κ2) is 10.1. The molecular formula is C16H24O. The van der Waals surface area contributed by atoms with Crippen molar-refractivity contribution in [3.63, 3.8) is 0 Å². The van der Waals surface area contributed by atoms with E-state index in [4.69, 9.17) is 4.74 Å². The van der Waals surface area contributed by atoms with E-state index >= 15 is 0 Å². The van der Waals surface area contributed by atoms with Crippen molar-refractivity contribution in [2.24, 2.45) is 0 Å². The molecule has 0 radical (unpaired) electrons. The Morgan fingerprint density at radius 3 is 2.59 bits per heavy atom. The number of benzene rings is 1. The molecule has 1 heteroatoms. The van der Waals surface area contributed by atoms with Gasteiger partial charge in [-0.1, -0.05) is 68.7 Å². The van der Waals surface area contributed by atoms with E-state index in [1.807, 2.05) is 18.2 Å². The lowest BCUT2D eigenvalue weighted by Gasteiger charge is -2.00. The van der Waals surface area contributed by atoms with Gasteiger partial charge < -0.3 is 4.74 Å². The van der Waals surface area contributed by atoms with Crippen molar-refractivity contribution in [2.45, 2.75) is 45.6 Å². The first-order valence-electron chi connectivity index (χ1n) is 6.70. The highest BCUT2D eigenvalue weighted by Gasteiger charge is 1.89. The average molecular weight is 232 g/mol. The van der Waals surface area contributed by atoms with Crippen molar-refractivity contribution in [2.75, 3.05) is 6.61 Å². The van der Waals surface area contributed by atoms with Crippen LogP contribution in [0.15, 0.2) is 42.5 Å². The van der Waals surface area contributed by atoms with E-state index in [2.05, 4.69) is 31.2 Å². The van der Waals surface area contributed by atoms with E-state index in [9.17, 15) is 0 Å². The maximum Gasteiger partial charge on any atom is 0.0721 e. The van der Waals surface area contributed by atoms with Gasteiger partial charge in [0.25, 0.3) is 0 Å². The maximum absolute atomic E-state index is 5.56. The van der Waals surface area contributed by atoms with E-state index in [-0.39, 0.29) is 0 Å². The minimum Gasteiger partial charge on any atom is -0.373 e. The molecule has 0 aromatic heterocycles. The lowest BCUT2D eigenvalue weighted by atomic mass is 10.1. The van der Waals surface area contributed by atoms with Crippen LogP contribution in [0.25, 0.3) is 0 Å². The van der Waals surface area contributed by atoms with E-state index < -0.39 is 0 Å². The maximum atomic E-state index is 5.56. The molecule has 94 valence electrons. The third-order valence-electron chi connectivity index (χ3n) is 2.72. The predicted molar refractivity (Wildman–Crippen MR) is 74.0 cm³/mol. The molecular weight excluding hydrogens is 208 g/mol. The summed E-state index contributed by atoms with van der Waals surface area (Å²) in [6, 6.07) is 10.3. The summed E-state index contributed by atoms with van der Waals surface area (Å²) in [5.74, 6) is 0. The number of unbranched alkanes of at least 4 members (excludes halogenated alkanes) is 4. The third kappa shape index (κ3) is 7.76. The summed E-state index contributed by atoms with van der Waals surface area (Å²) in [7, 11) is 0. The fourth-order valence-corrected chi connectivity index (χ4v) is 1.69. The van der Waals surface area contributed by atoms with Gasteiger partial charge in [0.2, 0.25) is 0 Å². The molecule has 0 amide bonds. The van der Waals surface area contributed by atoms with Gasteiger partial charge in [0.05, 0.1) is 13.2 Å². The standard InChI is InChI=1S/C16H24O/c1-2-3-4-5-6-7-11-14-17-15-16-12-9-8-10-13-16/h7-13H,2-6,14-15H2,1H3/b11-7+. The molecule has 0 fully saturated rings. The van der Waals surface area contributed by atoms with Crippen LogP contribution in [0.2, 0.25) is 0 Å². The molecule has 0 atom stereocenters. The smallest absolute Gasteiger partial charge is 0.0721 e. The van der Waals surface area contributed by atoms with Crippen LogP contribution < -0.4 is 0 Å². The number of hydrogen-bond donors (Lipinski definition) is 0. The lowest BCUT2D eigenvalue weighted by molar-refractivity contribution is 0.148. The second-order valence-corrected chi connectivity index (χ2v) is 4.32. The summed E-state index contributed by atoms with van der Waals surface area (Å²) in [5.41, 5.74) is 1.24. The van der Waals surface area contributed by atoms with Crippen molar-refractivity contribution in [1.82, 2.24) is 0 Å². The van der Waals surface area contributed by atoms with Gasteiger partial charge in [-0.2, -0.15) is 0 Å². The lowest BCUT2D eigenvalue weighted by Crippen LogP contribution is -1.92. The van der Waals surface area contributed by atoms with Crippen LogP contribution in [0.3, 0.4) is 0 Å². The van der Waals surface area contributed by atoms with Crippen molar-refractivity contribution in [3.8, 4) is 0 Å². The van der Waals surface area contributed by atoms with Gasteiger partial charge in [-0.25, -0.2) is 0 Å². The number of allylic oxidation sites excluding steroid dienone is 1. The molecule has 1 nitrogen and oxygen atoms in total. The third-order valence-corrected chi connectivity index (χ3v) is 2.72. The first-order chi connectivity index (χ1) is 8.43. The van der Waals surface area contributed by atoms with Gasteiger partial charge in [0, 0.05) is 0 Å². The van der Waals surface area contributed by atoms with Crippen molar-refractivity contribution < 1.29 is 4.74 Å². The van der Waals surface area contributed by atoms with Crippen molar-refractivity contribution >= 4 is 0 Å². The van der Waals surface area contributed by atoms with Crippen LogP contribution in [0.5, 0.6) is 0 Å². The molecule has 0 unspecified atom stereocenters. The summed E-state index contributed by atoms with van der Waals surface area (Å²) < 4.78 is 5.56. The van der Waals surface area contributed by atoms with Gasteiger partial charge in [-0.15, -0.1) is 0 Å². The zero-order valence-electron chi connectivity index (χ0n) is 10.9. The normalized spacial score (nSPS) is 11.1. The average Bonchev–Trinajstić information content (AvgIpc) is 2.38. The highest BCUT2D eigenvalue weighted by atomic mass is 16.5. The van der Waals surface area contributed by atoms with Crippen molar-refractivity contribution in [1.29, 1.82) is 0 Å².